The zero-order valence-electron chi connectivity index (χ0n) is 7.47. The Bertz CT molecular complexity index is 223. The minimum Gasteiger partial charge on any atom is -0.465 e. The van der Waals surface area contributed by atoms with Crippen LogP contribution in [0, 0.1) is 5.41 Å². The van der Waals surface area contributed by atoms with Gasteiger partial charge in [-0.05, 0) is 25.7 Å². The van der Waals surface area contributed by atoms with Crippen LogP contribution in [-0.2, 0) is 14.3 Å². The molecule has 0 aromatic carbocycles. The molecule has 1 atom stereocenters. The maximum Gasteiger partial charge on any atom is 0.321 e. The van der Waals surface area contributed by atoms with Crippen LogP contribution in [0.5, 0.6) is 0 Å². The highest BCUT2D eigenvalue weighted by atomic mass is 16.5. The molecule has 4 nitrogen and oxygen atoms in total. The second-order valence-electron chi connectivity index (χ2n) is 3.68. The number of ether oxygens (including phenoxy) is 1. The van der Waals surface area contributed by atoms with E-state index in [1.165, 1.54) is 0 Å². The molecule has 2 aliphatic heterocycles. The molecular weight excluding hydrogens is 170 g/mol. The van der Waals surface area contributed by atoms with Crippen LogP contribution in [0.1, 0.15) is 25.7 Å². The molecule has 1 unspecified atom stereocenters. The molecular formula is C9H13NO3. The van der Waals surface area contributed by atoms with Gasteiger partial charge in [-0.2, -0.15) is 0 Å². The first-order valence-corrected chi connectivity index (χ1v) is 4.71. The van der Waals surface area contributed by atoms with Crippen LogP contribution in [0.15, 0.2) is 0 Å². The van der Waals surface area contributed by atoms with Gasteiger partial charge in [-0.3, -0.25) is 9.59 Å². The molecule has 0 aromatic rings. The highest BCUT2D eigenvalue weighted by molar-refractivity contribution is 6.03. The third-order valence-corrected chi connectivity index (χ3v) is 2.87. The number of hydrogen-bond acceptors (Lipinski definition) is 3. The van der Waals surface area contributed by atoms with Gasteiger partial charge in [-0.15, -0.1) is 0 Å². The fourth-order valence-corrected chi connectivity index (χ4v) is 2.09. The maximum absolute atomic E-state index is 11.6. The van der Waals surface area contributed by atoms with E-state index >= 15 is 0 Å². The van der Waals surface area contributed by atoms with Crippen LogP contribution >= 0.6 is 0 Å². The molecule has 0 bridgehead atoms. The van der Waals surface area contributed by atoms with E-state index < -0.39 is 5.41 Å². The second-order valence-corrected chi connectivity index (χ2v) is 3.68. The molecule has 2 saturated heterocycles. The zero-order valence-corrected chi connectivity index (χ0v) is 7.47. The predicted octanol–water partition coefficient (Wildman–Crippen LogP) is 0.220. The molecule has 1 N–H and O–H groups in total. The molecule has 2 rings (SSSR count). The number of piperidine rings is 1. The Kier molecular flexibility index (Phi) is 1.98. The first-order chi connectivity index (χ1) is 6.26. The number of esters is 1. The number of cyclic esters (lactones) is 1. The molecule has 4 heteroatoms. The van der Waals surface area contributed by atoms with Gasteiger partial charge in [0.15, 0.2) is 0 Å². The van der Waals surface area contributed by atoms with Crippen molar-refractivity contribution in [2.45, 2.75) is 25.7 Å². The minimum absolute atomic E-state index is 0.136. The van der Waals surface area contributed by atoms with E-state index in [-0.39, 0.29) is 11.9 Å². The van der Waals surface area contributed by atoms with Gasteiger partial charge in [0.05, 0.1) is 6.61 Å². The molecule has 2 fully saturated rings. The lowest BCUT2D eigenvalue weighted by molar-refractivity contribution is -0.169. The molecule has 2 aliphatic rings. The summed E-state index contributed by atoms with van der Waals surface area (Å²) < 4.78 is 4.94. The van der Waals surface area contributed by atoms with Crippen molar-refractivity contribution in [3.8, 4) is 0 Å². The number of amides is 1. The van der Waals surface area contributed by atoms with Crippen molar-refractivity contribution >= 4 is 11.9 Å². The Morgan fingerprint density at radius 1 is 1.23 bits per heavy atom. The summed E-state index contributed by atoms with van der Waals surface area (Å²) in [6, 6.07) is 0. The SMILES string of the molecule is O=C1NCCCC12CCCOC2=O. The molecule has 1 amide bonds. The monoisotopic (exact) mass is 183 g/mol. The van der Waals surface area contributed by atoms with Crippen molar-refractivity contribution in [2.24, 2.45) is 5.41 Å². The zero-order chi connectivity index (χ0) is 9.31. The smallest absolute Gasteiger partial charge is 0.321 e. The summed E-state index contributed by atoms with van der Waals surface area (Å²) in [6.07, 6.45) is 2.98. The van der Waals surface area contributed by atoms with Gasteiger partial charge in [0.1, 0.15) is 5.41 Å². The molecule has 0 aliphatic carbocycles. The van der Waals surface area contributed by atoms with Crippen LogP contribution in [0.4, 0.5) is 0 Å². The van der Waals surface area contributed by atoms with Gasteiger partial charge >= 0.3 is 5.97 Å². The molecule has 72 valence electrons. The van der Waals surface area contributed by atoms with Crippen molar-refractivity contribution in [2.75, 3.05) is 13.2 Å². The molecule has 1 spiro atoms. The summed E-state index contributed by atoms with van der Waals surface area (Å²) in [5.41, 5.74) is -0.837. The largest absolute Gasteiger partial charge is 0.465 e. The van der Waals surface area contributed by atoms with Crippen LogP contribution in [0.2, 0.25) is 0 Å². The van der Waals surface area contributed by atoms with Crippen LogP contribution in [0.3, 0.4) is 0 Å². The lowest BCUT2D eigenvalue weighted by Crippen LogP contribution is -2.53. The summed E-state index contributed by atoms with van der Waals surface area (Å²) in [6.45, 7) is 1.15. The summed E-state index contributed by atoms with van der Waals surface area (Å²) in [7, 11) is 0. The number of hydrogen-bond donors (Lipinski definition) is 1. The number of carbonyl (C=O) groups is 2. The van der Waals surface area contributed by atoms with Gasteiger partial charge in [0.25, 0.3) is 0 Å². The second kappa shape index (κ2) is 3.01. The fraction of sp³-hybridized carbons (Fsp3) is 0.778. The maximum atomic E-state index is 11.6. The van der Waals surface area contributed by atoms with Gasteiger partial charge < -0.3 is 10.1 Å². The highest BCUT2D eigenvalue weighted by Gasteiger charge is 2.49. The predicted molar refractivity (Wildman–Crippen MR) is 44.9 cm³/mol. The van der Waals surface area contributed by atoms with Crippen molar-refractivity contribution in [1.29, 1.82) is 0 Å². The van der Waals surface area contributed by atoms with E-state index in [2.05, 4.69) is 5.32 Å². The van der Waals surface area contributed by atoms with Crippen molar-refractivity contribution in [3.05, 3.63) is 0 Å². The minimum atomic E-state index is -0.837. The third-order valence-electron chi connectivity index (χ3n) is 2.87. The van der Waals surface area contributed by atoms with Gasteiger partial charge in [0.2, 0.25) is 5.91 Å². The van der Waals surface area contributed by atoms with E-state index in [0.717, 1.165) is 12.8 Å². The quantitative estimate of drug-likeness (QED) is 0.431. The van der Waals surface area contributed by atoms with Crippen LogP contribution in [0.25, 0.3) is 0 Å². The summed E-state index contributed by atoms with van der Waals surface area (Å²) in [4.78, 5) is 23.1. The molecule has 0 saturated carbocycles. The normalized spacial score (nSPS) is 34.2. The lowest BCUT2D eigenvalue weighted by Gasteiger charge is -2.36. The molecule has 13 heavy (non-hydrogen) atoms. The average molecular weight is 183 g/mol. The Balaban J connectivity index is 2.23. The van der Waals surface area contributed by atoms with E-state index in [4.69, 9.17) is 4.74 Å². The fourth-order valence-electron chi connectivity index (χ4n) is 2.09. The van der Waals surface area contributed by atoms with E-state index in [9.17, 15) is 9.59 Å². The Hall–Kier alpha value is -1.06. The first kappa shape index (κ1) is 8.53. The van der Waals surface area contributed by atoms with Crippen molar-refractivity contribution in [1.82, 2.24) is 5.32 Å². The van der Waals surface area contributed by atoms with Crippen LogP contribution in [-0.4, -0.2) is 25.0 Å². The van der Waals surface area contributed by atoms with Gasteiger partial charge in [-0.1, -0.05) is 0 Å². The first-order valence-electron chi connectivity index (χ1n) is 4.71. The number of carbonyl (C=O) groups excluding carboxylic acids is 2. The summed E-state index contributed by atoms with van der Waals surface area (Å²) in [5.74, 6) is -0.459. The Morgan fingerprint density at radius 3 is 2.69 bits per heavy atom. The molecule has 0 aromatic heterocycles. The van der Waals surface area contributed by atoms with E-state index in [1.54, 1.807) is 0 Å². The third kappa shape index (κ3) is 1.20. The van der Waals surface area contributed by atoms with Crippen molar-refractivity contribution < 1.29 is 14.3 Å². The summed E-state index contributed by atoms with van der Waals surface area (Å²) >= 11 is 0. The number of rotatable bonds is 0. The summed E-state index contributed by atoms with van der Waals surface area (Å²) in [5, 5.41) is 2.73. The Labute approximate surface area is 76.6 Å². The van der Waals surface area contributed by atoms with Crippen molar-refractivity contribution in [3.63, 3.8) is 0 Å². The molecule has 0 radical (unpaired) electrons. The standard InChI is InChI=1S/C9H13NO3/c11-7-9(3-1-5-10-7)4-2-6-13-8(9)12/h1-6H2,(H,10,11). The highest BCUT2D eigenvalue weighted by Crippen LogP contribution is 2.36. The molecule has 2 heterocycles. The average Bonchev–Trinajstić information content (AvgIpc) is 2.15. The number of nitrogens with one attached hydrogen (secondary N) is 1. The van der Waals surface area contributed by atoms with Gasteiger partial charge in [0, 0.05) is 6.54 Å². The Morgan fingerprint density at radius 2 is 2.00 bits per heavy atom. The van der Waals surface area contributed by atoms with E-state index in [0.29, 0.717) is 26.0 Å². The van der Waals surface area contributed by atoms with E-state index in [1.807, 2.05) is 0 Å². The van der Waals surface area contributed by atoms with Gasteiger partial charge in [-0.25, -0.2) is 0 Å². The topological polar surface area (TPSA) is 55.4 Å². The lowest BCUT2D eigenvalue weighted by atomic mass is 9.75. The van der Waals surface area contributed by atoms with Crippen LogP contribution < -0.4 is 5.32 Å².